The molecule has 1 saturated heterocycles. The Bertz CT molecular complexity index is 1050. The number of nitrogens with zero attached hydrogens (tertiary/aromatic N) is 3. The third-order valence-electron chi connectivity index (χ3n) is 6.16. The molecule has 0 saturated carbocycles. The molecule has 0 atom stereocenters. The van der Waals surface area contributed by atoms with E-state index in [1.165, 1.54) is 10.8 Å². The second-order valence-corrected chi connectivity index (χ2v) is 7.77. The standard InChI is InChI=1S/C24H25N3O/c1-2-26-11-13-27(14-12-26)24-21-6-4-3-5-17(21)16-22(25-24)19-7-9-20-18(15-19)8-10-23(20)28/h3-7,9,15-16H,2,8,10-14H2,1H3. The molecule has 142 valence electrons. The smallest absolute Gasteiger partial charge is 0.163 e. The molecule has 5 rings (SSSR count). The van der Waals surface area contributed by atoms with Crippen LogP contribution < -0.4 is 4.90 Å². The molecule has 2 aromatic carbocycles. The number of hydrogen-bond acceptors (Lipinski definition) is 4. The number of Topliss-reactive ketones (excluding diaryl/α,β-unsaturated/α-hetero) is 1. The predicted octanol–water partition coefficient (Wildman–Crippen LogP) is 4.17. The number of likely N-dealkylation sites (N-methyl/N-ethyl adjacent to an activating group) is 1. The molecule has 2 heterocycles. The van der Waals surface area contributed by atoms with E-state index in [9.17, 15) is 4.79 Å². The second kappa shape index (κ2) is 7.02. The Morgan fingerprint density at radius 3 is 2.61 bits per heavy atom. The van der Waals surface area contributed by atoms with Crippen LogP contribution in [0.25, 0.3) is 22.0 Å². The molecule has 1 aromatic heterocycles. The zero-order chi connectivity index (χ0) is 19.1. The van der Waals surface area contributed by atoms with Gasteiger partial charge in [0.2, 0.25) is 0 Å². The largest absolute Gasteiger partial charge is 0.354 e. The molecule has 0 spiro atoms. The van der Waals surface area contributed by atoms with E-state index < -0.39 is 0 Å². The summed E-state index contributed by atoms with van der Waals surface area (Å²) >= 11 is 0. The van der Waals surface area contributed by atoms with Crippen LogP contribution in [0, 0.1) is 0 Å². The van der Waals surface area contributed by atoms with Crippen LogP contribution >= 0.6 is 0 Å². The lowest BCUT2D eigenvalue weighted by atomic mass is 10.0. The average molecular weight is 371 g/mol. The molecule has 2 aliphatic rings. The van der Waals surface area contributed by atoms with Gasteiger partial charge in [-0.2, -0.15) is 0 Å². The highest BCUT2D eigenvalue weighted by Gasteiger charge is 2.22. The summed E-state index contributed by atoms with van der Waals surface area (Å²) in [7, 11) is 0. The molecule has 3 aromatic rings. The van der Waals surface area contributed by atoms with Crippen LogP contribution in [0.15, 0.2) is 48.5 Å². The minimum Gasteiger partial charge on any atom is -0.354 e. The van der Waals surface area contributed by atoms with E-state index in [0.717, 1.165) is 67.3 Å². The first-order valence-electron chi connectivity index (χ1n) is 10.3. The topological polar surface area (TPSA) is 36.4 Å². The summed E-state index contributed by atoms with van der Waals surface area (Å²) in [6.07, 6.45) is 1.48. The Morgan fingerprint density at radius 2 is 1.79 bits per heavy atom. The van der Waals surface area contributed by atoms with Crippen LogP contribution in [0.3, 0.4) is 0 Å². The van der Waals surface area contributed by atoms with Crippen molar-refractivity contribution >= 4 is 22.4 Å². The van der Waals surface area contributed by atoms with E-state index in [4.69, 9.17) is 4.98 Å². The molecule has 0 N–H and O–H groups in total. The third kappa shape index (κ3) is 2.98. The first-order valence-corrected chi connectivity index (χ1v) is 10.3. The molecular weight excluding hydrogens is 346 g/mol. The fourth-order valence-corrected chi connectivity index (χ4v) is 4.46. The number of fused-ring (bicyclic) bond motifs is 2. The van der Waals surface area contributed by atoms with Gasteiger partial charge < -0.3 is 9.80 Å². The van der Waals surface area contributed by atoms with Gasteiger partial charge in [0.05, 0.1) is 5.69 Å². The number of ketones is 1. The molecule has 0 bridgehead atoms. The van der Waals surface area contributed by atoms with Crippen molar-refractivity contribution in [2.24, 2.45) is 0 Å². The summed E-state index contributed by atoms with van der Waals surface area (Å²) in [6, 6.07) is 16.9. The Kier molecular flexibility index (Phi) is 4.36. The zero-order valence-electron chi connectivity index (χ0n) is 16.3. The average Bonchev–Trinajstić information content (AvgIpc) is 3.13. The number of benzene rings is 2. The van der Waals surface area contributed by atoms with Crippen LogP contribution in [-0.4, -0.2) is 48.4 Å². The summed E-state index contributed by atoms with van der Waals surface area (Å²) in [5, 5.41) is 2.43. The van der Waals surface area contributed by atoms with Gasteiger partial charge in [0.1, 0.15) is 5.82 Å². The molecule has 28 heavy (non-hydrogen) atoms. The van der Waals surface area contributed by atoms with Crippen LogP contribution in [-0.2, 0) is 6.42 Å². The van der Waals surface area contributed by atoms with E-state index in [1.54, 1.807) is 0 Å². The number of carbonyl (C=O) groups excluding carboxylic acids is 1. The fourth-order valence-electron chi connectivity index (χ4n) is 4.46. The number of piperazine rings is 1. The number of aromatic nitrogens is 1. The van der Waals surface area contributed by atoms with E-state index >= 15 is 0 Å². The normalized spacial score (nSPS) is 17.3. The summed E-state index contributed by atoms with van der Waals surface area (Å²) < 4.78 is 0. The van der Waals surface area contributed by atoms with Crippen LogP contribution in [0.1, 0.15) is 29.3 Å². The van der Waals surface area contributed by atoms with Gasteiger partial charge in [-0.1, -0.05) is 43.3 Å². The van der Waals surface area contributed by atoms with Crippen molar-refractivity contribution in [3.8, 4) is 11.3 Å². The maximum Gasteiger partial charge on any atom is 0.163 e. The number of pyridine rings is 1. The monoisotopic (exact) mass is 371 g/mol. The van der Waals surface area contributed by atoms with Crippen LogP contribution in [0.4, 0.5) is 5.82 Å². The molecular formula is C24H25N3O. The van der Waals surface area contributed by atoms with E-state index in [0.29, 0.717) is 6.42 Å². The van der Waals surface area contributed by atoms with Gasteiger partial charge in [-0.05, 0) is 36.0 Å². The van der Waals surface area contributed by atoms with Crippen molar-refractivity contribution in [2.45, 2.75) is 19.8 Å². The quantitative estimate of drug-likeness (QED) is 0.692. The van der Waals surface area contributed by atoms with Crippen molar-refractivity contribution in [3.63, 3.8) is 0 Å². The van der Waals surface area contributed by atoms with Gasteiger partial charge in [-0.25, -0.2) is 4.98 Å². The van der Waals surface area contributed by atoms with Gasteiger partial charge in [0.25, 0.3) is 0 Å². The Morgan fingerprint density at radius 1 is 0.964 bits per heavy atom. The molecule has 1 aliphatic heterocycles. The molecule has 0 radical (unpaired) electrons. The van der Waals surface area contributed by atoms with Crippen LogP contribution in [0.2, 0.25) is 0 Å². The lowest BCUT2D eigenvalue weighted by molar-refractivity contribution is 0.0994. The summed E-state index contributed by atoms with van der Waals surface area (Å²) in [5.41, 5.74) is 4.15. The zero-order valence-corrected chi connectivity index (χ0v) is 16.3. The molecule has 4 heteroatoms. The molecule has 4 nitrogen and oxygen atoms in total. The summed E-state index contributed by atoms with van der Waals surface area (Å²) in [4.78, 5) is 22.0. The molecule has 0 unspecified atom stereocenters. The molecule has 0 amide bonds. The lowest BCUT2D eigenvalue weighted by Gasteiger charge is -2.35. The SMILES string of the molecule is CCN1CCN(c2nc(-c3ccc4c(c3)CCC4=O)cc3ccccc23)CC1. The second-order valence-electron chi connectivity index (χ2n) is 7.77. The maximum atomic E-state index is 12.0. The molecule has 1 fully saturated rings. The van der Waals surface area contributed by atoms with Gasteiger partial charge in [0.15, 0.2) is 5.78 Å². The van der Waals surface area contributed by atoms with Crippen molar-refractivity contribution in [3.05, 3.63) is 59.7 Å². The number of rotatable bonds is 3. The van der Waals surface area contributed by atoms with Gasteiger partial charge in [-0.15, -0.1) is 0 Å². The van der Waals surface area contributed by atoms with Crippen molar-refractivity contribution < 1.29 is 4.79 Å². The first kappa shape index (κ1) is 17.4. The van der Waals surface area contributed by atoms with Crippen molar-refractivity contribution in [1.82, 2.24) is 9.88 Å². The van der Waals surface area contributed by atoms with E-state index in [1.807, 2.05) is 6.07 Å². The lowest BCUT2D eigenvalue weighted by Crippen LogP contribution is -2.46. The Balaban J connectivity index is 1.58. The van der Waals surface area contributed by atoms with E-state index in [2.05, 4.69) is 59.2 Å². The third-order valence-corrected chi connectivity index (χ3v) is 6.16. The number of carbonyl (C=O) groups is 1. The predicted molar refractivity (Wildman–Crippen MR) is 114 cm³/mol. The number of anilines is 1. The van der Waals surface area contributed by atoms with Gasteiger partial charge >= 0.3 is 0 Å². The Labute approximate surface area is 165 Å². The summed E-state index contributed by atoms with van der Waals surface area (Å²) in [6.45, 7) is 7.51. The minimum absolute atomic E-state index is 0.266. The Hall–Kier alpha value is -2.72. The first-order chi connectivity index (χ1) is 13.7. The number of hydrogen-bond donors (Lipinski definition) is 0. The highest BCUT2D eigenvalue weighted by atomic mass is 16.1. The number of aryl methyl sites for hydroxylation is 1. The molecule has 1 aliphatic carbocycles. The highest BCUT2D eigenvalue weighted by Crippen LogP contribution is 2.33. The highest BCUT2D eigenvalue weighted by molar-refractivity contribution is 6.01. The van der Waals surface area contributed by atoms with Gasteiger partial charge in [-0.3, -0.25) is 4.79 Å². The van der Waals surface area contributed by atoms with Crippen molar-refractivity contribution in [1.29, 1.82) is 0 Å². The van der Waals surface area contributed by atoms with Gasteiger partial charge in [0, 0.05) is 49.1 Å². The van der Waals surface area contributed by atoms with Crippen LogP contribution in [0.5, 0.6) is 0 Å². The summed E-state index contributed by atoms with van der Waals surface area (Å²) in [5.74, 6) is 1.35. The van der Waals surface area contributed by atoms with E-state index in [-0.39, 0.29) is 5.78 Å². The maximum absolute atomic E-state index is 12.0. The minimum atomic E-state index is 0.266. The fraction of sp³-hybridized carbons (Fsp3) is 0.333. The van der Waals surface area contributed by atoms with Crippen molar-refractivity contribution in [2.75, 3.05) is 37.6 Å².